The molecule has 1 heterocycles. The van der Waals surface area contributed by atoms with E-state index in [1.54, 1.807) is 25.4 Å². The number of ether oxygens (including phenoxy) is 2. The number of methoxy groups -OCH3 is 1. The van der Waals surface area contributed by atoms with Crippen LogP contribution < -0.4 is 0 Å². The monoisotopic (exact) mass is 240 g/mol. The molecular weight excluding hydrogens is 224 g/mol. The molecule has 0 bridgehead atoms. The summed E-state index contributed by atoms with van der Waals surface area (Å²) in [5, 5.41) is 2.04. The molecule has 0 spiro atoms. The third-order valence-electron chi connectivity index (χ3n) is 1.86. The van der Waals surface area contributed by atoms with Crippen LogP contribution in [0.25, 0.3) is 6.08 Å². The summed E-state index contributed by atoms with van der Waals surface area (Å²) in [6.07, 6.45) is 4.06. The van der Waals surface area contributed by atoms with Gasteiger partial charge < -0.3 is 9.47 Å². The van der Waals surface area contributed by atoms with Crippen LogP contribution in [0.4, 0.5) is 0 Å². The Kier molecular flexibility index (Phi) is 5.82. The minimum Gasteiger partial charge on any atom is -0.466 e. The minimum atomic E-state index is -0.189. The van der Waals surface area contributed by atoms with Crippen LogP contribution in [0, 0.1) is 0 Å². The van der Waals surface area contributed by atoms with E-state index in [9.17, 15) is 4.79 Å². The second kappa shape index (κ2) is 7.19. The highest BCUT2D eigenvalue weighted by atomic mass is 32.1. The topological polar surface area (TPSA) is 35.5 Å². The zero-order valence-electron chi connectivity index (χ0n) is 9.56. The summed E-state index contributed by atoms with van der Waals surface area (Å²) in [6, 6.07) is 2.05. The first-order valence-corrected chi connectivity index (χ1v) is 6.02. The Morgan fingerprint density at radius 1 is 1.56 bits per heavy atom. The van der Waals surface area contributed by atoms with Crippen LogP contribution in [0.1, 0.15) is 23.8 Å². The quantitative estimate of drug-likeness (QED) is 0.717. The number of hydrogen-bond acceptors (Lipinski definition) is 4. The molecule has 0 N–H and O–H groups in total. The van der Waals surface area contributed by atoms with Gasteiger partial charge in [-0.05, 0) is 23.9 Å². The van der Waals surface area contributed by atoms with Gasteiger partial charge in [-0.3, -0.25) is 4.79 Å². The summed E-state index contributed by atoms with van der Waals surface area (Å²) >= 11 is 1.65. The number of rotatable bonds is 6. The SMILES string of the molecule is CCOC(=O)CC=Cc1csc(COC)c1. The van der Waals surface area contributed by atoms with Crippen LogP contribution >= 0.6 is 11.3 Å². The first kappa shape index (κ1) is 12.9. The van der Waals surface area contributed by atoms with Crippen molar-refractivity contribution in [2.75, 3.05) is 13.7 Å². The van der Waals surface area contributed by atoms with Crippen molar-refractivity contribution in [1.29, 1.82) is 0 Å². The summed E-state index contributed by atoms with van der Waals surface area (Å²) in [5.74, 6) is -0.189. The normalized spacial score (nSPS) is 10.9. The van der Waals surface area contributed by atoms with Crippen molar-refractivity contribution in [1.82, 2.24) is 0 Å². The molecule has 3 nitrogen and oxygen atoms in total. The zero-order chi connectivity index (χ0) is 11.8. The summed E-state index contributed by atoms with van der Waals surface area (Å²) < 4.78 is 9.84. The summed E-state index contributed by atoms with van der Waals surface area (Å²) in [5.41, 5.74) is 1.10. The van der Waals surface area contributed by atoms with Gasteiger partial charge in [0, 0.05) is 12.0 Å². The molecule has 0 saturated heterocycles. The number of carbonyl (C=O) groups is 1. The van der Waals surface area contributed by atoms with Crippen LogP contribution in [0.3, 0.4) is 0 Å². The highest BCUT2D eigenvalue weighted by Crippen LogP contribution is 2.16. The van der Waals surface area contributed by atoms with E-state index < -0.39 is 0 Å². The Morgan fingerprint density at radius 3 is 3.06 bits per heavy atom. The molecule has 0 amide bonds. The highest BCUT2D eigenvalue weighted by Gasteiger charge is 1.98. The van der Waals surface area contributed by atoms with E-state index in [2.05, 4.69) is 6.07 Å². The molecular formula is C12H16O3S. The lowest BCUT2D eigenvalue weighted by molar-refractivity contribution is -0.142. The molecule has 0 unspecified atom stereocenters. The predicted molar refractivity (Wildman–Crippen MR) is 65.3 cm³/mol. The first-order valence-electron chi connectivity index (χ1n) is 5.14. The van der Waals surface area contributed by atoms with Crippen LogP contribution in [0.2, 0.25) is 0 Å². The average molecular weight is 240 g/mol. The van der Waals surface area contributed by atoms with Crippen LogP contribution in [-0.2, 0) is 20.9 Å². The van der Waals surface area contributed by atoms with E-state index in [0.717, 1.165) is 5.56 Å². The number of esters is 1. The van der Waals surface area contributed by atoms with Gasteiger partial charge in [-0.25, -0.2) is 0 Å². The van der Waals surface area contributed by atoms with E-state index in [4.69, 9.17) is 9.47 Å². The fourth-order valence-electron chi connectivity index (χ4n) is 1.21. The summed E-state index contributed by atoms with van der Waals surface area (Å²) in [6.45, 7) is 2.87. The van der Waals surface area contributed by atoms with Gasteiger partial charge in [-0.2, -0.15) is 0 Å². The minimum absolute atomic E-state index is 0.189. The van der Waals surface area contributed by atoms with Gasteiger partial charge in [0.05, 0.1) is 19.6 Å². The van der Waals surface area contributed by atoms with Gasteiger partial charge in [0.25, 0.3) is 0 Å². The van der Waals surface area contributed by atoms with Crippen molar-refractivity contribution < 1.29 is 14.3 Å². The summed E-state index contributed by atoms with van der Waals surface area (Å²) in [4.78, 5) is 12.2. The average Bonchev–Trinajstić information content (AvgIpc) is 2.67. The van der Waals surface area contributed by atoms with Crippen molar-refractivity contribution >= 4 is 23.4 Å². The molecule has 0 aromatic carbocycles. The maximum atomic E-state index is 11.1. The van der Waals surface area contributed by atoms with Gasteiger partial charge in [0.1, 0.15) is 0 Å². The number of thiophene rings is 1. The Labute approximate surface area is 99.7 Å². The fraction of sp³-hybridized carbons (Fsp3) is 0.417. The molecule has 4 heteroatoms. The van der Waals surface area contributed by atoms with Crippen molar-refractivity contribution in [3.63, 3.8) is 0 Å². The first-order chi connectivity index (χ1) is 7.76. The predicted octanol–water partition coefficient (Wildman–Crippen LogP) is 2.86. The highest BCUT2D eigenvalue weighted by molar-refractivity contribution is 7.10. The standard InChI is InChI=1S/C12H16O3S/c1-3-15-12(13)6-4-5-10-7-11(8-14-2)16-9-10/h4-5,7,9H,3,6,8H2,1-2H3. The second-order valence-corrected chi connectivity index (χ2v) is 4.19. The lowest BCUT2D eigenvalue weighted by Gasteiger charge is -1.96. The van der Waals surface area contributed by atoms with Crippen LogP contribution in [-0.4, -0.2) is 19.7 Å². The molecule has 0 aliphatic carbocycles. The van der Waals surface area contributed by atoms with E-state index in [0.29, 0.717) is 19.6 Å². The third kappa shape index (κ3) is 4.59. The van der Waals surface area contributed by atoms with E-state index in [-0.39, 0.29) is 5.97 Å². The maximum absolute atomic E-state index is 11.1. The smallest absolute Gasteiger partial charge is 0.309 e. The van der Waals surface area contributed by atoms with Crippen molar-refractivity contribution in [2.24, 2.45) is 0 Å². The van der Waals surface area contributed by atoms with Gasteiger partial charge in [-0.1, -0.05) is 12.2 Å². The molecule has 1 rings (SSSR count). The van der Waals surface area contributed by atoms with Crippen LogP contribution in [0.15, 0.2) is 17.5 Å². The second-order valence-electron chi connectivity index (χ2n) is 3.19. The molecule has 0 saturated carbocycles. The fourth-order valence-corrected chi connectivity index (χ4v) is 2.04. The lowest BCUT2D eigenvalue weighted by atomic mass is 10.2. The molecule has 1 aromatic heterocycles. The zero-order valence-corrected chi connectivity index (χ0v) is 10.4. The molecule has 88 valence electrons. The Balaban J connectivity index is 2.40. The Bertz CT molecular complexity index is 355. The molecule has 0 fully saturated rings. The van der Waals surface area contributed by atoms with E-state index in [1.807, 2.05) is 17.5 Å². The van der Waals surface area contributed by atoms with Crippen molar-refractivity contribution in [3.05, 3.63) is 28.0 Å². The van der Waals surface area contributed by atoms with Crippen molar-refractivity contribution in [3.8, 4) is 0 Å². The maximum Gasteiger partial charge on any atom is 0.309 e. The molecule has 0 radical (unpaired) electrons. The van der Waals surface area contributed by atoms with Gasteiger partial charge >= 0.3 is 5.97 Å². The van der Waals surface area contributed by atoms with E-state index >= 15 is 0 Å². The Morgan fingerprint density at radius 2 is 2.38 bits per heavy atom. The van der Waals surface area contributed by atoms with Crippen LogP contribution in [0.5, 0.6) is 0 Å². The third-order valence-corrected chi connectivity index (χ3v) is 2.79. The van der Waals surface area contributed by atoms with Gasteiger partial charge in [0.2, 0.25) is 0 Å². The summed E-state index contributed by atoms with van der Waals surface area (Å²) in [7, 11) is 1.68. The van der Waals surface area contributed by atoms with Gasteiger partial charge in [0.15, 0.2) is 0 Å². The molecule has 1 aromatic rings. The largest absolute Gasteiger partial charge is 0.466 e. The molecule has 0 aliphatic heterocycles. The molecule has 0 atom stereocenters. The van der Waals surface area contributed by atoms with E-state index in [1.165, 1.54) is 4.88 Å². The Hall–Kier alpha value is -1.13. The number of carbonyl (C=O) groups excluding carboxylic acids is 1. The lowest BCUT2D eigenvalue weighted by Crippen LogP contribution is -2.01. The van der Waals surface area contributed by atoms with Crippen molar-refractivity contribution in [2.45, 2.75) is 20.0 Å². The van der Waals surface area contributed by atoms with Gasteiger partial charge in [-0.15, -0.1) is 11.3 Å². The molecule has 16 heavy (non-hydrogen) atoms. The number of hydrogen-bond donors (Lipinski definition) is 0. The molecule has 0 aliphatic rings.